The Balaban J connectivity index is 2.01. The minimum atomic E-state index is -0.618. The van der Waals surface area contributed by atoms with Gasteiger partial charge in [0.1, 0.15) is 11.5 Å². The maximum Gasteiger partial charge on any atom is 0.336 e. The third-order valence-corrected chi connectivity index (χ3v) is 2.89. The summed E-state index contributed by atoms with van der Waals surface area (Å²) in [7, 11) is 1.39. The molecule has 23 heavy (non-hydrogen) atoms. The molecule has 0 bridgehead atoms. The number of hydrogen-bond donors (Lipinski definition) is 2. The molecular weight excluding hydrogens is 302 g/mol. The maximum atomic E-state index is 11.7. The van der Waals surface area contributed by atoms with Crippen LogP contribution < -0.4 is 19.8 Å². The van der Waals surface area contributed by atoms with Crippen LogP contribution in [0.15, 0.2) is 48.5 Å². The minimum absolute atomic E-state index is 0.0431. The van der Waals surface area contributed by atoms with Crippen molar-refractivity contribution < 1.29 is 29.8 Å². The van der Waals surface area contributed by atoms with Crippen LogP contribution >= 0.6 is 0 Å². The predicted molar refractivity (Wildman–Crippen MR) is 79.6 cm³/mol. The molecular formula is C16H14NO6-. The highest BCUT2D eigenvalue weighted by Crippen LogP contribution is 2.24. The molecule has 120 valence electrons. The van der Waals surface area contributed by atoms with E-state index in [4.69, 9.17) is 19.9 Å². The lowest BCUT2D eigenvalue weighted by atomic mass is 10.2. The van der Waals surface area contributed by atoms with Gasteiger partial charge in [-0.3, -0.25) is 10.4 Å². The number of rotatable bonds is 5. The van der Waals surface area contributed by atoms with Gasteiger partial charge < -0.3 is 14.6 Å². The molecule has 0 amide bonds. The summed E-state index contributed by atoms with van der Waals surface area (Å²) in [5.74, 6) is -0.423. The SMILES string of the molecule is COc1cc(C=CC(=O)Oc2ccc(N(O)O)cc2)ccc1[O-]. The van der Waals surface area contributed by atoms with E-state index in [2.05, 4.69) is 0 Å². The van der Waals surface area contributed by atoms with Crippen molar-refractivity contribution in [2.24, 2.45) is 0 Å². The Labute approximate surface area is 132 Å². The highest BCUT2D eigenvalue weighted by Gasteiger charge is 2.03. The molecule has 0 aliphatic heterocycles. The van der Waals surface area contributed by atoms with Crippen molar-refractivity contribution in [3.8, 4) is 17.2 Å². The fraction of sp³-hybridized carbons (Fsp3) is 0.0625. The predicted octanol–water partition coefficient (Wildman–Crippen LogP) is 1.97. The average molecular weight is 316 g/mol. The molecule has 2 aromatic rings. The molecule has 0 unspecified atom stereocenters. The van der Waals surface area contributed by atoms with Crippen LogP contribution in [0.4, 0.5) is 5.69 Å². The summed E-state index contributed by atoms with van der Waals surface area (Å²) < 4.78 is 9.96. The fourth-order valence-electron chi connectivity index (χ4n) is 1.75. The first-order valence-corrected chi connectivity index (χ1v) is 6.52. The lowest BCUT2D eigenvalue weighted by molar-refractivity contribution is -0.270. The first kappa shape index (κ1) is 16.3. The Bertz CT molecular complexity index is 709. The zero-order valence-corrected chi connectivity index (χ0v) is 12.2. The molecule has 0 aliphatic carbocycles. The molecule has 2 N–H and O–H groups in total. The molecule has 0 aliphatic rings. The topological polar surface area (TPSA) is 102 Å². The minimum Gasteiger partial charge on any atom is -0.870 e. The highest BCUT2D eigenvalue weighted by atomic mass is 16.8. The van der Waals surface area contributed by atoms with Crippen molar-refractivity contribution >= 4 is 17.7 Å². The maximum absolute atomic E-state index is 11.7. The fourth-order valence-corrected chi connectivity index (χ4v) is 1.75. The van der Waals surface area contributed by atoms with Crippen molar-refractivity contribution in [2.45, 2.75) is 0 Å². The molecule has 7 heteroatoms. The summed E-state index contributed by atoms with van der Waals surface area (Å²) in [6, 6.07) is 9.97. The summed E-state index contributed by atoms with van der Waals surface area (Å²) in [4.78, 5) is 11.7. The zero-order chi connectivity index (χ0) is 16.8. The van der Waals surface area contributed by atoms with Gasteiger partial charge in [-0.05, 0) is 42.0 Å². The van der Waals surface area contributed by atoms with Gasteiger partial charge >= 0.3 is 5.97 Å². The van der Waals surface area contributed by atoms with Gasteiger partial charge in [0.05, 0.1) is 12.8 Å². The summed E-state index contributed by atoms with van der Waals surface area (Å²) >= 11 is 0. The lowest BCUT2D eigenvalue weighted by Gasteiger charge is -2.12. The van der Waals surface area contributed by atoms with E-state index in [1.54, 1.807) is 6.07 Å². The molecule has 0 saturated heterocycles. The lowest BCUT2D eigenvalue weighted by Crippen LogP contribution is -2.10. The molecule has 2 rings (SSSR count). The third-order valence-electron chi connectivity index (χ3n) is 2.89. The summed E-state index contributed by atoms with van der Waals surface area (Å²) in [6.07, 6.45) is 2.69. The second-order valence-electron chi connectivity index (χ2n) is 4.45. The molecule has 0 aromatic heterocycles. The Kier molecular flexibility index (Phi) is 5.19. The van der Waals surface area contributed by atoms with Crippen molar-refractivity contribution in [3.63, 3.8) is 0 Å². The third kappa shape index (κ3) is 4.47. The van der Waals surface area contributed by atoms with Crippen molar-refractivity contribution in [3.05, 3.63) is 54.1 Å². The second kappa shape index (κ2) is 7.30. The number of esters is 1. The van der Waals surface area contributed by atoms with Gasteiger partial charge in [-0.2, -0.15) is 0 Å². The van der Waals surface area contributed by atoms with Gasteiger partial charge in [0.15, 0.2) is 0 Å². The van der Waals surface area contributed by atoms with Gasteiger partial charge in [0, 0.05) is 6.08 Å². The first-order valence-electron chi connectivity index (χ1n) is 6.52. The van der Waals surface area contributed by atoms with Crippen LogP contribution in [-0.2, 0) is 4.79 Å². The Hall–Kier alpha value is -3.03. The number of anilines is 1. The van der Waals surface area contributed by atoms with Crippen LogP contribution in [0.5, 0.6) is 17.2 Å². The van der Waals surface area contributed by atoms with Crippen LogP contribution in [0.3, 0.4) is 0 Å². The number of hydrogen-bond acceptors (Lipinski definition) is 7. The van der Waals surface area contributed by atoms with Gasteiger partial charge in [-0.15, -0.1) is 5.23 Å². The molecule has 0 atom stereocenters. The normalized spacial score (nSPS) is 10.6. The monoisotopic (exact) mass is 316 g/mol. The van der Waals surface area contributed by atoms with E-state index in [-0.39, 0.29) is 28.2 Å². The Morgan fingerprint density at radius 2 is 1.87 bits per heavy atom. The number of ether oxygens (including phenoxy) is 2. The zero-order valence-electron chi connectivity index (χ0n) is 12.2. The van der Waals surface area contributed by atoms with E-state index in [0.717, 1.165) is 0 Å². The van der Waals surface area contributed by atoms with Gasteiger partial charge in [0.2, 0.25) is 0 Å². The van der Waals surface area contributed by atoms with E-state index in [1.807, 2.05) is 0 Å². The first-order chi connectivity index (χ1) is 11.0. The van der Waals surface area contributed by atoms with E-state index in [0.29, 0.717) is 5.56 Å². The Morgan fingerprint density at radius 1 is 1.17 bits per heavy atom. The smallest absolute Gasteiger partial charge is 0.336 e. The molecule has 0 heterocycles. The van der Waals surface area contributed by atoms with Crippen molar-refractivity contribution in [2.75, 3.05) is 12.3 Å². The molecule has 7 nitrogen and oxygen atoms in total. The number of methoxy groups -OCH3 is 1. The number of benzene rings is 2. The van der Waals surface area contributed by atoms with E-state index in [9.17, 15) is 9.90 Å². The molecule has 2 aromatic carbocycles. The van der Waals surface area contributed by atoms with Crippen LogP contribution in [0.2, 0.25) is 0 Å². The standard InChI is InChI=1S/C16H15NO6/c1-22-15-10-11(2-8-14(15)18)3-9-16(19)23-13-6-4-12(5-7-13)17(20)21/h2-10,18,20-21H,1H3/p-1. The number of carbonyl (C=O) groups is 1. The van der Waals surface area contributed by atoms with Gasteiger partial charge in [-0.1, -0.05) is 17.9 Å². The summed E-state index contributed by atoms with van der Waals surface area (Å²) in [6.45, 7) is 0. The van der Waals surface area contributed by atoms with Crippen molar-refractivity contribution in [1.82, 2.24) is 0 Å². The molecule has 0 fully saturated rings. The van der Waals surface area contributed by atoms with E-state index < -0.39 is 5.97 Å². The van der Waals surface area contributed by atoms with Crippen LogP contribution in [0.25, 0.3) is 6.08 Å². The molecule has 0 spiro atoms. The number of nitrogens with zero attached hydrogens (tertiary/aromatic N) is 1. The van der Waals surface area contributed by atoms with Crippen molar-refractivity contribution in [1.29, 1.82) is 0 Å². The van der Waals surface area contributed by atoms with Crippen LogP contribution in [0, 0.1) is 0 Å². The summed E-state index contributed by atoms with van der Waals surface area (Å²) in [5.41, 5.74) is 0.745. The Morgan fingerprint density at radius 3 is 2.48 bits per heavy atom. The van der Waals surface area contributed by atoms with Crippen LogP contribution in [0.1, 0.15) is 5.56 Å². The highest BCUT2D eigenvalue weighted by molar-refractivity contribution is 5.88. The van der Waals surface area contributed by atoms with Gasteiger partial charge in [0.25, 0.3) is 0 Å². The van der Waals surface area contributed by atoms with E-state index in [1.165, 1.54) is 55.7 Å². The average Bonchev–Trinajstić information content (AvgIpc) is 2.54. The van der Waals surface area contributed by atoms with Gasteiger partial charge in [-0.25, -0.2) is 4.79 Å². The molecule has 0 radical (unpaired) electrons. The van der Waals surface area contributed by atoms with E-state index >= 15 is 0 Å². The molecule has 0 saturated carbocycles. The quantitative estimate of drug-likeness (QED) is 0.376. The van der Waals surface area contributed by atoms with Crippen LogP contribution in [-0.4, -0.2) is 23.5 Å². The second-order valence-corrected chi connectivity index (χ2v) is 4.45. The number of carbonyl (C=O) groups excluding carboxylic acids is 1. The largest absolute Gasteiger partial charge is 0.870 e. The summed E-state index contributed by atoms with van der Waals surface area (Å²) in [5, 5.41) is 28.9.